The lowest BCUT2D eigenvalue weighted by Gasteiger charge is -2.19. The molecule has 22 heavy (non-hydrogen) atoms. The van der Waals surface area contributed by atoms with Gasteiger partial charge in [-0.3, -0.25) is 4.79 Å². The molecule has 1 aliphatic carbocycles. The first-order valence-electron chi connectivity index (χ1n) is 7.46. The van der Waals surface area contributed by atoms with Crippen molar-refractivity contribution >= 4 is 18.3 Å². The first-order chi connectivity index (χ1) is 10.1. The highest BCUT2D eigenvalue weighted by Gasteiger charge is 2.27. The zero-order valence-corrected chi connectivity index (χ0v) is 13.6. The van der Waals surface area contributed by atoms with Crippen LogP contribution in [0.3, 0.4) is 0 Å². The van der Waals surface area contributed by atoms with Gasteiger partial charge < -0.3 is 15.8 Å². The maximum atomic E-state index is 13.6. The fourth-order valence-electron chi connectivity index (χ4n) is 2.91. The molecule has 0 aliphatic heterocycles. The summed E-state index contributed by atoms with van der Waals surface area (Å²) in [6.07, 6.45) is 4.10. The van der Waals surface area contributed by atoms with E-state index in [9.17, 15) is 9.18 Å². The maximum absolute atomic E-state index is 13.6. The molecule has 0 spiro atoms. The van der Waals surface area contributed by atoms with Gasteiger partial charge in [0.2, 0.25) is 5.91 Å². The highest BCUT2D eigenvalue weighted by Crippen LogP contribution is 2.24. The van der Waals surface area contributed by atoms with Gasteiger partial charge >= 0.3 is 0 Å². The summed E-state index contributed by atoms with van der Waals surface area (Å²) in [5, 5.41) is 3.05. The number of nitrogens with two attached hydrogens (primary N) is 1. The number of carbonyl (C=O) groups is 1. The van der Waals surface area contributed by atoms with Gasteiger partial charge in [-0.1, -0.05) is 12.5 Å². The summed E-state index contributed by atoms with van der Waals surface area (Å²) in [5.74, 6) is 0.235. The van der Waals surface area contributed by atoms with Crippen molar-refractivity contribution in [2.24, 2.45) is 11.7 Å². The third-order valence-electron chi connectivity index (χ3n) is 4.17. The molecule has 0 heterocycles. The Hall–Kier alpha value is -1.33. The average Bonchev–Trinajstić information content (AvgIpc) is 2.92. The van der Waals surface area contributed by atoms with Crippen LogP contribution in [0.2, 0.25) is 0 Å². The predicted molar refractivity (Wildman–Crippen MR) is 86.8 cm³/mol. The number of benzene rings is 1. The van der Waals surface area contributed by atoms with E-state index in [0.717, 1.165) is 24.8 Å². The van der Waals surface area contributed by atoms with Crippen molar-refractivity contribution in [2.45, 2.75) is 38.1 Å². The minimum atomic E-state index is -0.394. The molecule has 124 valence electrons. The van der Waals surface area contributed by atoms with Gasteiger partial charge in [-0.25, -0.2) is 4.39 Å². The molecule has 0 bridgehead atoms. The summed E-state index contributed by atoms with van der Waals surface area (Å²) >= 11 is 0. The fraction of sp³-hybridized carbons (Fsp3) is 0.562. The summed E-state index contributed by atoms with van der Waals surface area (Å²) in [4.78, 5) is 12.0. The molecule has 1 fully saturated rings. The normalized spacial score (nSPS) is 20.3. The number of halogens is 2. The van der Waals surface area contributed by atoms with Crippen molar-refractivity contribution in [1.29, 1.82) is 0 Å². The van der Waals surface area contributed by atoms with E-state index >= 15 is 0 Å². The number of carbonyl (C=O) groups excluding carboxylic acids is 1. The minimum Gasteiger partial charge on any atom is -0.494 e. The molecular formula is C16H24ClFN2O2. The second-order valence-corrected chi connectivity index (χ2v) is 5.57. The molecule has 3 N–H and O–H groups in total. The number of nitrogens with one attached hydrogen (secondary N) is 1. The standard InChI is InChI=1S/C16H23FN2O2.ClH/c1-21-15-7-5-11(9-13(15)17)6-8-16(20)19-14-4-2-3-12(14)10-18;/h5,7,9,12,14H,2-4,6,8,10,18H2,1H3,(H,19,20);1H. The highest BCUT2D eigenvalue weighted by atomic mass is 35.5. The van der Waals surface area contributed by atoms with E-state index < -0.39 is 5.82 Å². The van der Waals surface area contributed by atoms with Crippen molar-refractivity contribution in [2.75, 3.05) is 13.7 Å². The van der Waals surface area contributed by atoms with Gasteiger partial charge in [0.25, 0.3) is 0 Å². The Labute approximate surface area is 137 Å². The first kappa shape index (κ1) is 18.7. The molecule has 6 heteroatoms. The van der Waals surface area contributed by atoms with Gasteiger partial charge in [0.1, 0.15) is 0 Å². The predicted octanol–water partition coefficient (Wildman–Crippen LogP) is 2.43. The van der Waals surface area contributed by atoms with Crippen molar-refractivity contribution < 1.29 is 13.9 Å². The Kier molecular flexibility index (Phi) is 7.62. The molecule has 0 radical (unpaired) electrons. The van der Waals surface area contributed by atoms with E-state index in [1.807, 2.05) is 0 Å². The zero-order chi connectivity index (χ0) is 15.2. The van der Waals surface area contributed by atoms with Crippen LogP contribution in [0.4, 0.5) is 4.39 Å². The van der Waals surface area contributed by atoms with Crippen molar-refractivity contribution in [3.63, 3.8) is 0 Å². The summed E-state index contributed by atoms with van der Waals surface area (Å²) in [6.45, 7) is 0.620. The van der Waals surface area contributed by atoms with Gasteiger partial charge in [0, 0.05) is 12.5 Å². The van der Waals surface area contributed by atoms with E-state index in [1.165, 1.54) is 13.2 Å². The zero-order valence-electron chi connectivity index (χ0n) is 12.8. The fourth-order valence-corrected chi connectivity index (χ4v) is 2.91. The Balaban J connectivity index is 0.00000242. The second-order valence-electron chi connectivity index (χ2n) is 5.57. The number of ether oxygens (including phenoxy) is 1. The Morgan fingerprint density at radius 1 is 1.45 bits per heavy atom. The van der Waals surface area contributed by atoms with Gasteiger partial charge in [0.05, 0.1) is 7.11 Å². The van der Waals surface area contributed by atoms with Crippen molar-refractivity contribution in [1.82, 2.24) is 5.32 Å². The third kappa shape index (κ3) is 4.85. The first-order valence-corrected chi connectivity index (χ1v) is 7.46. The number of hydrogen-bond donors (Lipinski definition) is 2. The quantitative estimate of drug-likeness (QED) is 0.842. The number of hydrogen-bond acceptors (Lipinski definition) is 3. The monoisotopic (exact) mass is 330 g/mol. The molecule has 1 saturated carbocycles. The van der Waals surface area contributed by atoms with Crippen LogP contribution in [-0.2, 0) is 11.2 Å². The van der Waals surface area contributed by atoms with E-state index in [2.05, 4.69) is 5.32 Å². The molecule has 0 aromatic heterocycles. The molecule has 1 aromatic carbocycles. The second kappa shape index (κ2) is 8.96. The van der Waals surface area contributed by atoms with Crippen LogP contribution in [0.1, 0.15) is 31.2 Å². The van der Waals surface area contributed by atoms with E-state index in [1.54, 1.807) is 12.1 Å². The Bertz CT molecular complexity index is 499. The molecule has 2 unspecified atom stereocenters. The molecule has 1 amide bonds. The highest BCUT2D eigenvalue weighted by molar-refractivity contribution is 5.85. The molecular weight excluding hydrogens is 307 g/mol. The average molecular weight is 331 g/mol. The van der Waals surface area contributed by atoms with Gasteiger partial charge in [-0.2, -0.15) is 0 Å². The van der Waals surface area contributed by atoms with E-state index in [0.29, 0.717) is 25.3 Å². The van der Waals surface area contributed by atoms with Crippen LogP contribution in [0.5, 0.6) is 5.75 Å². The summed E-state index contributed by atoms with van der Waals surface area (Å²) < 4.78 is 18.4. The SMILES string of the molecule is COc1ccc(CCC(=O)NC2CCCC2CN)cc1F.Cl. The largest absolute Gasteiger partial charge is 0.494 e. The van der Waals surface area contributed by atoms with Crippen LogP contribution < -0.4 is 15.8 Å². The smallest absolute Gasteiger partial charge is 0.220 e. The third-order valence-corrected chi connectivity index (χ3v) is 4.17. The van der Waals surface area contributed by atoms with Crippen LogP contribution >= 0.6 is 12.4 Å². The van der Waals surface area contributed by atoms with Crippen LogP contribution in [0, 0.1) is 11.7 Å². The number of rotatable bonds is 6. The minimum absolute atomic E-state index is 0. The molecule has 1 aliphatic rings. The lowest BCUT2D eigenvalue weighted by molar-refractivity contribution is -0.122. The van der Waals surface area contributed by atoms with Gasteiger partial charge in [0.15, 0.2) is 11.6 Å². The molecule has 1 aromatic rings. The lowest BCUT2D eigenvalue weighted by Crippen LogP contribution is -2.39. The van der Waals surface area contributed by atoms with Gasteiger partial charge in [-0.05, 0) is 49.4 Å². The number of methoxy groups -OCH3 is 1. The lowest BCUT2D eigenvalue weighted by atomic mass is 10.0. The summed E-state index contributed by atoms with van der Waals surface area (Å²) in [5.41, 5.74) is 6.50. The summed E-state index contributed by atoms with van der Waals surface area (Å²) in [6, 6.07) is 5.00. The Morgan fingerprint density at radius 3 is 2.86 bits per heavy atom. The summed E-state index contributed by atoms with van der Waals surface area (Å²) in [7, 11) is 1.43. The van der Waals surface area contributed by atoms with Crippen LogP contribution in [0.15, 0.2) is 18.2 Å². The topological polar surface area (TPSA) is 64.3 Å². The number of aryl methyl sites for hydroxylation is 1. The van der Waals surface area contributed by atoms with Crippen LogP contribution in [0.25, 0.3) is 0 Å². The molecule has 0 saturated heterocycles. The van der Waals surface area contributed by atoms with Gasteiger partial charge in [-0.15, -0.1) is 12.4 Å². The molecule has 4 nitrogen and oxygen atoms in total. The van der Waals surface area contributed by atoms with E-state index in [4.69, 9.17) is 10.5 Å². The molecule has 2 atom stereocenters. The Morgan fingerprint density at radius 2 is 2.23 bits per heavy atom. The number of amides is 1. The van der Waals surface area contributed by atoms with E-state index in [-0.39, 0.29) is 30.1 Å². The maximum Gasteiger partial charge on any atom is 0.220 e. The van der Waals surface area contributed by atoms with Crippen molar-refractivity contribution in [3.8, 4) is 5.75 Å². The van der Waals surface area contributed by atoms with Crippen LogP contribution in [-0.4, -0.2) is 25.6 Å². The van der Waals surface area contributed by atoms with Crippen molar-refractivity contribution in [3.05, 3.63) is 29.6 Å². The molecule has 2 rings (SSSR count).